The Kier molecular flexibility index (Phi) is 14.4. The molecule has 0 spiro atoms. The maximum absolute atomic E-state index is 2.75. The monoisotopic (exact) mass is 1100 g/mol. The van der Waals surface area contributed by atoms with Gasteiger partial charge in [0.2, 0.25) is 0 Å². The van der Waals surface area contributed by atoms with Crippen LogP contribution in [0.15, 0.2) is 6.07 Å². The fourth-order valence-electron chi connectivity index (χ4n) is 19.0. The SMILES string of the molecule is Bc1c(B)c(B)c(-n2c3c(B)c(B)c(B)c(B)c3c3c(B)c(-c4c(B)c(-c5c(B)c(B)c6c(B)c(B)c7c(B)c(B)c(B)c8c(B)c(B)c5c6c78)cc(-c5c(B)c(B)c6c(B)c(B)c7c(B)c(B)c(B)c8c(B)c(B)c5c6c78)c4B)c(B)c(B)c32)c(B)c1B. The van der Waals surface area contributed by atoms with Gasteiger partial charge in [-0.25, -0.2) is 0 Å². The van der Waals surface area contributed by atoms with Crippen molar-refractivity contribution in [1.29, 1.82) is 0 Å². The van der Waals surface area contributed by atoms with Crippen molar-refractivity contribution in [3.8, 4) is 39.1 Å². The van der Waals surface area contributed by atoms with E-state index >= 15 is 0 Å². The second-order valence-electron chi connectivity index (χ2n) is 29.1. The molecule has 13 aromatic rings. The van der Waals surface area contributed by atoms with Gasteiger partial charge in [0.1, 0.15) is 251 Å². The predicted molar refractivity (Wildman–Crippen MR) is 506 cm³/mol. The molecule has 1 heterocycles. The molecule has 0 N–H and O–H groups in total. The van der Waals surface area contributed by atoms with Gasteiger partial charge in [0.05, 0.1) is 0 Å². The third kappa shape index (κ3) is 7.55. The summed E-state index contributed by atoms with van der Waals surface area (Å²) >= 11 is 0. The Bertz CT molecular complexity index is 5330. The van der Waals surface area contributed by atoms with Crippen molar-refractivity contribution in [3.05, 3.63) is 6.07 Å². The van der Waals surface area contributed by atoms with Crippen molar-refractivity contribution in [3.63, 3.8) is 0 Å². The lowest BCUT2D eigenvalue weighted by Gasteiger charge is -2.32. The quantitative estimate of drug-likeness (QED) is 0.122. The molecule has 1 aromatic heterocycles. The molecule has 0 fully saturated rings. The molecular formula is C56H65B32N. The summed E-state index contributed by atoms with van der Waals surface area (Å²) < 4.78 is 2.75. The number of hydrogen-bond acceptors (Lipinski definition) is 0. The first-order chi connectivity index (χ1) is 41.6. The van der Waals surface area contributed by atoms with Crippen LogP contribution in [0.4, 0.5) is 0 Å². The van der Waals surface area contributed by atoms with Gasteiger partial charge in [-0.3, -0.25) is 0 Å². The number of rotatable bonds is 4. The lowest BCUT2D eigenvalue weighted by molar-refractivity contribution is 1.22. The Morgan fingerprint density at radius 2 is 0.348 bits per heavy atom. The van der Waals surface area contributed by atoms with Crippen LogP contribution in [-0.4, -0.2) is 256 Å². The molecule has 13 rings (SSSR count). The van der Waals surface area contributed by atoms with Crippen molar-refractivity contribution >= 4 is 512 Å². The zero-order chi connectivity index (χ0) is 65.0. The highest BCUT2D eigenvalue weighted by Gasteiger charge is 2.33. The van der Waals surface area contributed by atoms with Gasteiger partial charge in [-0.15, -0.1) is 21.9 Å². The fourth-order valence-corrected chi connectivity index (χ4v) is 19.0. The summed E-state index contributed by atoms with van der Waals surface area (Å²) in [6, 6.07) is 2.72. The first-order valence-electron chi connectivity index (χ1n) is 33.2. The van der Waals surface area contributed by atoms with Gasteiger partial charge in [0, 0.05) is 22.1 Å². The minimum absolute atomic E-state index is 1.34. The molecule has 390 valence electrons. The summed E-state index contributed by atoms with van der Waals surface area (Å²) in [6.45, 7) is 0. The van der Waals surface area contributed by atoms with Crippen molar-refractivity contribution in [2.75, 3.05) is 0 Å². The number of hydrogen-bond donors (Lipinski definition) is 0. The van der Waals surface area contributed by atoms with E-state index in [-0.39, 0.29) is 0 Å². The van der Waals surface area contributed by atoms with Crippen molar-refractivity contribution < 1.29 is 0 Å². The summed E-state index contributed by atoms with van der Waals surface area (Å²) in [5, 5.41) is 20.1. The van der Waals surface area contributed by atoms with E-state index in [9.17, 15) is 0 Å². The average Bonchev–Trinajstić information content (AvgIpc) is 1.65. The highest BCUT2D eigenvalue weighted by molar-refractivity contribution is 6.79. The smallest absolute Gasteiger partial charge is 0.141 e. The molecule has 0 unspecified atom stereocenters. The fraction of sp³-hybridized carbons (Fsp3) is 0. The summed E-state index contributed by atoms with van der Waals surface area (Å²) in [5.74, 6) is 0. The maximum Gasteiger partial charge on any atom is 0.141 e. The Hall–Kier alpha value is -5.40. The summed E-state index contributed by atoms with van der Waals surface area (Å²) in [5.41, 5.74) is 56.9. The van der Waals surface area contributed by atoms with Crippen LogP contribution >= 0.6 is 0 Å². The molecule has 0 saturated heterocycles. The topological polar surface area (TPSA) is 4.93 Å². The normalized spacial score (nSPS) is 12.1. The highest BCUT2D eigenvalue weighted by atomic mass is 15.0. The van der Waals surface area contributed by atoms with Crippen LogP contribution in [0, 0.1) is 0 Å². The van der Waals surface area contributed by atoms with E-state index in [1.54, 1.807) is 0 Å². The number of nitrogens with zero attached hydrogens (tertiary/aromatic N) is 1. The van der Waals surface area contributed by atoms with Gasteiger partial charge in [0.15, 0.2) is 0 Å². The van der Waals surface area contributed by atoms with Crippen LogP contribution in [0.1, 0.15) is 0 Å². The van der Waals surface area contributed by atoms with E-state index in [1.807, 2.05) is 0 Å². The minimum Gasteiger partial charge on any atom is -0.312 e. The zero-order valence-corrected chi connectivity index (χ0v) is 60.5. The van der Waals surface area contributed by atoms with E-state index in [2.05, 4.69) is 262 Å². The van der Waals surface area contributed by atoms with Crippen LogP contribution in [0.25, 0.3) is 126 Å². The van der Waals surface area contributed by atoms with E-state index in [4.69, 9.17) is 0 Å². The van der Waals surface area contributed by atoms with E-state index < -0.39 is 0 Å². The molecule has 12 aromatic carbocycles. The molecule has 0 aliphatic heterocycles. The summed E-state index contributed by atoms with van der Waals surface area (Å²) in [7, 11) is 77.2. The van der Waals surface area contributed by atoms with Crippen molar-refractivity contribution in [1.82, 2.24) is 4.57 Å². The lowest BCUT2D eigenvalue weighted by Crippen LogP contribution is -2.56. The van der Waals surface area contributed by atoms with Crippen LogP contribution in [-0.2, 0) is 0 Å². The molecule has 1 nitrogen and oxygen atoms in total. The van der Waals surface area contributed by atoms with Gasteiger partial charge in [0.25, 0.3) is 0 Å². The Balaban J connectivity index is 1.31. The third-order valence-corrected chi connectivity index (χ3v) is 26.1. The van der Waals surface area contributed by atoms with Crippen molar-refractivity contribution in [2.24, 2.45) is 0 Å². The molecule has 0 atom stereocenters. The molecular weight excluding hydrogens is 1030 g/mol. The summed E-state index contributed by atoms with van der Waals surface area (Å²) in [4.78, 5) is 0. The molecule has 0 aliphatic rings. The van der Waals surface area contributed by atoms with Crippen LogP contribution < -0.4 is 175 Å². The first kappa shape index (κ1) is 62.4. The van der Waals surface area contributed by atoms with E-state index in [0.717, 1.165) is 0 Å². The number of aromatic nitrogens is 1. The van der Waals surface area contributed by atoms with Gasteiger partial charge < -0.3 is 4.57 Å². The standard InChI is InChI=1S/C56H65B32N/c57-22-2(4-10-6-8-14(31(66)27(10)62)37(72)43(78)39(74)16(8)35(70)33(68)12(6)29(64)25(4)60)1-3(5-11-7-9-15(32(67)28(11)63)38(73)44(79)40(75)17(9)36(71)34(69)13(7)30(65)26(5)61)23(58)18(22)19-24(59)20-21-42(77)45(80)47(82)51(86)55(21)89(54(20)50(85)41(19)76)56-52(87)48(83)46(81)49(84)53(56)88/h1H,57-88H2. The number of benzene rings is 12. The van der Waals surface area contributed by atoms with Crippen LogP contribution in [0.5, 0.6) is 0 Å². The largest absolute Gasteiger partial charge is 0.312 e. The first-order valence-corrected chi connectivity index (χ1v) is 33.2. The maximum atomic E-state index is 2.75. The van der Waals surface area contributed by atoms with Crippen LogP contribution in [0.3, 0.4) is 0 Å². The molecule has 0 bridgehead atoms. The van der Waals surface area contributed by atoms with E-state index in [0.29, 0.717) is 0 Å². The molecule has 0 radical (unpaired) electrons. The second-order valence-corrected chi connectivity index (χ2v) is 29.1. The number of fused-ring (bicyclic) bond motifs is 3. The molecule has 0 aliphatic carbocycles. The van der Waals surface area contributed by atoms with E-state index in [1.165, 1.54) is 300 Å². The molecule has 89 heavy (non-hydrogen) atoms. The predicted octanol–water partition coefficient (Wildman–Crippen LogP) is -40.2. The van der Waals surface area contributed by atoms with Gasteiger partial charge in [-0.05, 0) is 109 Å². The van der Waals surface area contributed by atoms with Gasteiger partial charge >= 0.3 is 0 Å². The zero-order valence-electron chi connectivity index (χ0n) is 60.5. The average molecular weight is 1100 g/mol. The third-order valence-electron chi connectivity index (χ3n) is 26.1. The molecule has 0 saturated carbocycles. The molecule has 0 amide bonds. The molecule has 33 heteroatoms. The van der Waals surface area contributed by atoms with Crippen molar-refractivity contribution in [2.45, 2.75) is 0 Å². The second kappa shape index (κ2) is 20.5. The minimum atomic E-state index is 1.34. The Labute approximate surface area is 557 Å². The highest BCUT2D eigenvalue weighted by Crippen LogP contribution is 2.39. The van der Waals surface area contributed by atoms with Crippen LogP contribution in [0.2, 0.25) is 0 Å². The lowest BCUT2D eigenvalue weighted by atomic mass is 9.57. The van der Waals surface area contributed by atoms with Gasteiger partial charge in [-0.2, -0.15) is 0 Å². The summed E-state index contributed by atoms with van der Waals surface area (Å²) in [6.07, 6.45) is 0. The Morgan fingerprint density at radius 1 is 0.146 bits per heavy atom. The Morgan fingerprint density at radius 3 is 0.697 bits per heavy atom. The van der Waals surface area contributed by atoms with Gasteiger partial charge in [-0.1, -0.05) is 153 Å².